The Labute approximate surface area is 418 Å². The summed E-state index contributed by atoms with van der Waals surface area (Å²) in [5.74, 6) is 0.804. The molecule has 0 N–H and O–H groups in total. The van der Waals surface area contributed by atoms with E-state index >= 15 is 0 Å². The van der Waals surface area contributed by atoms with E-state index in [2.05, 4.69) is 214 Å². The zero-order valence-corrected chi connectivity index (χ0v) is 39.5. The lowest BCUT2D eigenvalue weighted by Crippen LogP contribution is -2.38. The van der Waals surface area contributed by atoms with Crippen molar-refractivity contribution in [2.24, 2.45) is 0 Å². The van der Waals surface area contributed by atoms with Crippen LogP contribution in [-0.2, 0) is 5.41 Å². The van der Waals surface area contributed by atoms with Gasteiger partial charge in [0.05, 0.1) is 62.0 Å². The number of rotatable bonds is 6. The van der Waals surface area contributed by atoms with Gasteiger partial charge in [-0.2, -0.15) is 5.10 Å². The van der Waals surface area contributed by atoms with Crippen LogP contribution in [-0.4, -0.2) is 23.9 Å². The van der Waals surface area contributed by atoms with E-state index in [0.29, 0.717) is 22.2 Å². The fraction of sp³-hybridized carbons (Fsp3) is 0.0308. The topological polar surface area (TPSA) is 74.0 Å². The highest BCUT2D eigenvalue weighted by molar-refractivity contribution is 6.11. The van der Waals surface area contributed by atoms with E-state index in [1.165, 1.54) is 10.8 Å². The predicted octanol–water partition coefficient (Wildman–Crippen LogP) is 15.2. The van der Waals surface area contributed by atoms with Crippen LogP contribution in [0.25, 0.3) is 82.7 Å². The lowest BCUT2D eigenvalue weighted by Gasteiger charge is -2.46. The Morgan fingerprint density at radius 3 is 1.55 bits per heavy atom. The molecule has 1 aliphatic heterocycles. The van der Waals surface area contributed by atoms with E-state index in [0.717, 1.165) is 94.7 Å². The van der Waals surface area contributed by atoms with Gasteiger partial charge in [-0.05, 0) is 102 Å². The van der Waals surface area contributed by atoms with Gasteiger partial charge in [0.15, 0.2) is 0 Å². The Hall–Kier alpha value is -9.79. The number of hydrogen-bond donors (Lipinski definition) is 0. The molecule has 0 fully saturated rings. The summed E-state index contributed by atoms with van der Waals surface area (Å²) >= 11 is 0. The molecule has 0 saturated carbocycles. The zero-order valence-electron chi connectivity index (χ0n) is 39.5. The van der Waals surface area contributed by atoms with Gasteiger partial charge in [0.1, 0.15) is 16.8 Å². The summed E-state index contributed by atoms with van der Waals surface area (Å²) in [5, 5.41) is 10.9. The van der Waals surface area contributed by atoms with Crippen LogP contribution >= 0.6 is 0 Å². The van der Waals surface area contributed by atoms with Crippen molar-refractivity contribution < 1.29 is 4.42 Å². The summed E-state index contributed by atoms with van der Waals surface area (Å²) in [6.07, 6.45) is 2.06. The first-order valence-corrected chi connectivity index (χ1v) is 24.6. The van der Waals surface area contributed by atoms with Crippen molar-refractivity contribution in [3.63, 3.8) is 0 Å². The molecule has 344 valence electrons. The maximum absolute atomic E-state index is 13.9. The van der Waals surface area contributed by atoms with Crippen LogP contribution in [0.1, 0.15) is 27.9 Å². The Kier molecular flexibility index (Phi) is 8.77. The molecule has 5 aromatic heterocycles. The van der Waals surface area contributed by atoms with Crippen LogP contribution in [0.5, 0.6) is 0 Å². The molecule has 8 heteroatoms. The van der Waals surface area contributed by atoms with Gasteiger partial charge in [-0.1, -0.05) is 152 Å². The van der Waals surface area contributed by atoms with Crippen LogP contribution in [0.2, 0.25) is 0 Å². The number of pyridine rings is 1. The molecule has 8 nitrogen and oxygen atoms in total. The van der Waals surface area contributed by atoms with Crippen molar-refractivity contribution in [2.75, 3.05) is 4.90 Å². The maximum Gasteiger partial charge on any atom is 0.347 e. The van der Waals surface area contributed by atoms with Crippen molar-refractivity contribution in [3.05, 3.63) is 275 Å². The van der Waals surface area contributed by atoms with Crippen molar-refractivity contribution in [2.45, 2.75) is 12.3 Å². The maximum atomic E-state index is 13.9. The molecular weight excluding hydrogens is 897 g/mol. The highest BCUT2D eigenvalue weighted by Gasteiger charge is 2.47. The molecule has 0 radical (unpaired) electrons. The molecule has 0 bridgehead atoms. The number of hydrogen-bond acceptors (Lipinski definition) is 5. The van der Waals surface area contributed by atoms with Crippen LogP contribution in [0, 0.1) is 6.92 Å². The number of nitrogens with zero attached hydrogens (tertiary/aromatic N) is 6. The Balaban J connectivity index is 1.10. The van der Waals surface area contributed by atoms with Crippen LogP contribution < -0.4 is 10.5 Å². The molecule has 15 rings (SSSR count). The molecule has 0 unspecified atom stereocenters. The number of aromatic nitrogens is 5. The third-order valence-corrected chi connectivity index (χ3v) is 15.1. The van der Waals surface area contributed by atoms with Crippen molar-refractivity contribution in [3.8, 4) is 17.2 Å². The average molecular weight is 939 g/mol. The summed E-state index contributed by atoms with van der Waals surface area (Å²) < 4.78 is 12.7. The number of fused-ring (bicyclic) bond motifs is 11. The first-order valence-electron chi connectivity index (χ1n) is 24.6. The second kappa shape index (κ2) is 15.6. The second-order valence-electron chi connectivity index (χ2n) is 18.9. The van der Waals surface area contributed by atoms with Gasteiger partial charge in [0, 0.05) is 43.9 Å². The summed E-state index contributed by atoms with van der Waals surface area (Å²) in [7, 11) is 0. The first kappa shape index (κ1) is 41.0. The molecule has 9 aromatic carbocycles. The van der Waals surface area contributed by atoms with Gasteiger partial charge in [-0.15, -0.1) is 0 Å². The Morgan fingerprint density at radius 1 is 0.452 bits per heavy atom. The summed E-state index contributed by atoms with van der Waals surface area (Å²) in [5.41, 5.74) is 13.9. The number of anilines is 3. The predicted molar refractivity (Wildman–Crippen MR) is 295 cm³/mol. The molecule has 73 heavy (non-hydrogen) atoms. The van der Waals surface area contributed by atoms with E-state index in [9.17, 15) is 4.79 Å². The lowest BCUT2D eigenvalue weighted by atomic mass is 9.62. The molecule has 0 amide bonds. The summed E-state index contributed by atoms with van der Waals surface area (Å²) in [4.78, 5) is 21.7. The van der Waals surface area contributed by atoms with Crippen molar-refractivity contribution >= 4 is 82.5 Å². The van der Waals surface area contributed by atoms with Gasteiger partial charge in [-0.25, -0.2) is 14.5 Å². The Morgan fingerprint density at radius 2 is 0.959 bits per heavy atom. The SMILES string of the molecule is Cc1nn(-c2ccccc2)c2c1c(=O)oc1ccc(N3c4ccc(-n5c6ccccc6c6ccccc65)cc4C(c4ccccc4)(c4ccccc4)c4cc(-n5c6ccccc6c6ccccc65)ncc43)cc12. The zero-order chi connectivity index (χ0) is 48.4. The molecule has 0 aliphatic carbocycles. The number of benzene rings is 9. The lowest BCUT2D eigenvalue weighted by molar-refractivity contribution is 0.569. The van der Waals surface area contributed by atoms with Crippen LogP contribution in [0.3, 0.4) is 0 Å². The van der Waals surface area contributed by atoms with E-state index in [1.54, 1.807) is 0 Å². The molecule has 0 atom stereocenters. The van der Waals surface area contributed by atoms with Gasteiger partial charge in [-0.3, -0.25) is 4.57 Å². The monoisotopic (exact) mass is 938 g/mol. The molecular formula is C65H42N6O2. The van der Waals surface area contributed by atoms with Gasteiger partial charge >= 0.3 is 5.63 Å². The third kappa shape index (κ3) is 5.80. The largest absolute Gasteiger partial charge is 0.422 e. The van der Waals surface area contributed by atoms with E-state index in [1.807, 2.05) is 48.0 Å². The van der Waals surface area contributed by atoms with Crippen molar-refractivity contribution in [1.82, 2.24) is 23.9 Å². The minimum Gasteiger partial charge on any atom is -0.422 e. The quantitative estimate of drug-likeness (QED) is 0.155. The highest BCUT2D eigenvalue weighted by atomic mass is 16.4. The summed E-state index contributed by atoms with van der Waals surface area (Å²) in [6, 6.07) is 81.8. The molecule has 14 aromatic rings. The summed E-state index contributed by atoms with van der Waals surface area (Å²) in [6.45, 7) is 1.87. The smallest absolute Gasteiger partial charge is 0.347 e. The molecule has 6 heterocycles. The van der Waals surface area contributed by atoms with Crippen LogP contribution in [0.4, 0.5) is 17.1 Å². The number of para-hydroxylation sites is 5. The first-order chi connectivity index (χ1) is 36.1. The minimum atomic E-state index is -0.880. The second-order valence-corrected chi connectivity index (χ2v) is 18.9. The molecule has 0 spiro atoms. The van der Waals surface area contributed by atoms with Gasteiger partial charge in [0.25, 0.3) is 0 Å². The van der Waals surface area contributed by atoms with E-state index in [4.69, 9.17) is 14.5 Å². The van der Waals surface area contributed by atoms with Gasteiger partial charge < -0.3 is 13.9 Å². The van der Waals surface area contributed by atoms with Crippen LogP contribution in [0.15, 0.2) is 246 Å². The highest BCUT2D eigenvalue weighted by Crippen LogP contribution is 2.59. The fourth-order valence-corrected chi connectivity index (χ4v) is 12.1. The average Bonchev–Trinajstić information content (AvgIpc) is 4.11. The van der Waals surface area contributed by atoms with Crippen molar-refractivity contribution in [1.29, 1.82) is 0 Å². The van der Waals surface area contributed by atoms with E-state index < -0.39 is 11.0 Å². The standard InChI is InChI=1S/C65H42N6O2/c1-41-62-63(71(67-41)44-23-9-4-10-24-44)51-37-45(34-36-60(51)73-64(62)72)69-58-35-33-46(68-54-29-15-11-25-47(54)48-26-12-16-30-55(48)68)38-52(58)65(42-19-5-2-6-20-42,43-21-7-3-8-22-43)53-39-61(66-40-59(53)69)70-56-31-17-13-27-49(56)50-28-14-18-32-57(50)70/h2-40H,1H3. The minimum absolute atomic E-state index is 0.418. The number of aryl methyl sites for hydroxylation is 1. The normalized spacial score (nSPS) is 13.1. The Bertz CT molecular complexity index is 4290. The fourth-order valence-electron chi connectivity index (χ4n) is 12.1. The molecule has 0 saturated heterocycles. The third-order valence-electron chi connectivity index (χ3n) is 15.1. The molecule has 1 aliphatic rings. The van der Waals surface area contributed by atoms with E-state index in [-0.39, 0.29) is 0 Å². The van der Waals surface area contributed by atoms with Gasteiger partial charge in [0.2, 0.25) is 0 Å².